The summed E-state index contributed by atoms with van der Waals surface area (Å²) in [5.41, 5.74) is 0. The molecule has 1 rings (SSSR count). The van der Waals surface area contributed by atoms with Crippen molar-refractivity contribution in [3.63, 3.8) is 0 Å². The zero-order valence-corrected chi connectivity index (χ0v) is 12.6. The van der Waals surface area contributed by atoms with Gasteiger partial charge in [0.1, 0.15) is 15.9 Å². The fourth-order valence-electron chi connectivity index (χ4n) is 1.78. The third-order valence-electron chi connectivity index (χ3n) is 2.81. The van der Waals surface area contributed by atoms with Gasteiger partial charge in [-0.15, -0.1) is 0 Å². The van der Waals surface area contributed by atoms with Gasteiger partial charge in [-0.3, -0.25) is 4.79 Å². The molecule has 0 aromatic carbocycles. The third kappa shape index (κ3) is 4.71. The number of sulfonamides is 1. The van der Waals surface area contributed by atoms with E-state index in [1.165, 1.54) is 7.05 Å². The predicted octanol–water partition coefficient (Wildman–Crippen LogP) is -2.62. The molecular formula is C9H19N3O5S2. The summed E-state index contributed by atoms with van der Waals surface area (Å²) in [6, 6.07) is -0.830. The molecule has 112 valence electrons. The number of carbonyl (C=O) groups excluding carboxylic acids is 1. The quantitative estimate of drug-likeness (QED) is 0.575. The van der Waals surface area contributed by atoms with Crippen molar-refractivity contribution in [2.24, 2.45) is 0 Å². The largest absolute Gasteiger partial charge is 0.358 e. The summed E-state index contributed by atoms with van der Waals surface area (Å²) < 4.78 is 47.4. The molecule has 0 aromatic heterocycles. The minimum atomic E-state index is -3.77. The van der Waals surface area contributed by atoms with E-state index in [1.54, 1.807) is 0 Å². The molecule has 1 fully saturated rings. The number of carbonyl (C=O) groups is 1. The Morgan fingerprint density at radius 2 is 1.95 bits per heavy atom. The molecule has 0 aliphatic carbocycles. The molecule has 1 aliphatic heterocycles. The number of sulfone groups is 1. The number of likely N-dealkylation sites (N-methyl/N-ethyl adjacent to an activating group) is 1. The standard InChI is InChI=1S/C9H19N3O5S2/c1-10-9(13)8-7-11-3-4-12(8)19(16,17)6-5-18(2,14)15/h8,11H,3-7H2,1-2H3,(H,10,13). The highest BCUT2D eigenvalue weighted by atomic mass is 32.2. The summed E-state index contributed by atoms with van der Waals surface area (Å²) >= 11 is 0. The van der Waals surface area contributed by atoms with Gasteiger partial charge in [0.05, 0.1) is 11.5 Å². The fraction of sp³-hybridized carbons (Fsp3) is 0.889. The van der Waals surface area contributed by atoms with Gasteiger partial charge in [0.25, 0.3) is 0 Å². The number of hydrogen-bond acceptors (Lipinski definition) is 6. The van der Waals surface area contributed by atoms with E-state index in [-0.39, 0.29) is 13.1 Å². The second-order valence-corrected chi connectivity index (χ2v) is 8.69. The van der Waals surface area contributed by atoms with E-state index in [9.17, 15) is 21.6 Å². The first kappa shape index (κ1) is 16.3. The summed E-state index contributed by atoms with van der Waals surface area (Å²) in [5.74, 6) is -1.35. The van der Waals surface area contributed by atoms with Crippen LogP contribution in [0.4, 0.5) is 0 Å². The maximum absolute atomic E-state index is 12.1. The molecule has 1 heterocycles. The lowest BCUT2D eigenvalue weighted by atomic mass is 10.2. The highest BCUT2D eigenvalue weighted by Gasteiger charge is 2.36. The number of amides is 1. The van der Waals surface area contributed by atoms with E-state index < -0.39 is 43.3 Å². The Balaban J connectivity index is 2.87. The normalized spacial score (nSPS) is 22.1. The molecule has 10 heteroatoms. The van der Waals surface area contributed by atoms with Crippen LogP contribution in [0.3, 0.4) is 0 Å². The van der Waals surface area contributed by atoms with Crippen LogP contribution in [0.15, 0.2) is 0 Å². The molecule has 0 spiro atoms. The molecule has 1 amide bonds. The Bertz CT molecular complexity index is 528. The molecule has 0 saturated carbocycles. The summed E-state index contributed by atoms with van der Waals surface area (Å²) in [4.78, 5) is 11.6. The first-order valence-corrected chi connectivity index (χ1v) is 9.44. The van der Waals surface area contributed by atoms with E-state index in [4.69, 9.17) is 0 Å². The molecule has 0 radical (unpaired) electrons. The lowest BCUT2D eigenvalue weighted by molar-refractivity contribution is -0.124. The van der Waals surface area contributed by atoms with Crippen molar-refractivity contribution in [2.75, 3.05) is 44.4 Å². The molecule has 8 nitrogen and oxygen atoms in total. The summed E-state index contributed by atoms with van der Waals surface area (Å²) in [6.07, 6.45) is 0.983. The highest BCUT2D eigenvalue weighted by molar-refractivity contribution is 7.93. The van der Waals surface area contributed by atoms with Gasteiger partial charge in [-0.05, 0) is 0 Å². The Morgan fingerprint density at radius 3 is 2.47 bits per heavy atom. The monoisotopic (exact) mass is 313 g/mol. The second kappa shape index (κ2) is 6.16. The van der Waals surface area contributed by atoms with Crippen LogP contribution in [0.2, 0.25) is 0 Å². The van der Waals surface area contributed by atoms with Crippen molar-refractivity contribution in [3.8, 4) is 0 Å². The van der Waals surface area contributed by atoms with Crippen molar-refractivity contribution in [1.82, 2.24) is 14.9 Å². The topological polar surface area (TPSA) is 113 Å². The van der Waals surface area contributed by atoms with E-state index in [1.807, 2.05) is 0 Å². The number of hydrogen-bond donors (Lipinski definition) is 2. The molecule has 1 aliphatic rings. The average molecular weight is 313 g/mol. The van der Waals surface area contributed by atoms with Gasteiger partial charge in [-0.25, -0.2) is 16.8 Å². The van der Waals surface area contributed by atoms with Crippen LogP contribution >= 0.6 is 0 Å². The molecular weight excluding hydrogens is 294 g/mol. The van der Waals surface area contributed by atoms with Gasteiger partial charge in [-0.2, -0.15) is 4.31 Å². The Labute approximate surface area is 113 Å². The van der Waals surface area contributed by atoms with Crippen molar-refractivity contribution in [3.05, 3.63) is 0 Å². The average Bonchev–Trinajstić information content (AvgIpc) is 2.35. The van der Waals surface area contributed by atoms with Crippen LogP contribution in [-0.2, 0) is 24.7 Å². The third-order valence-corrected chi connectivity index (χ3v) is 5.89. The van der Waals surface area contributed by atoms with Crippen molar-refractivity contribution >= 4 is 25.8 Å². The molecule has 2 N–H and O–H groups in total. The fourth-order valence-corrected chi connectivity index (χ4v) is 5.00. The van der Waals surface area contributed by atoms with E-state index in [0.29, 0.717) is 6.54 Å². The maximum atomic E-state index is 12.1. The lowest BCUT2D eigenvalue weighted by Gasteiger charge is -2.33. The Hall–Kier alpha value is -0.710. The smallest absolute Gasteiger partial charge is 0.239 e. The van der Waals surface area contributed by atoms with Crippen LogP contribution in [0.1, 0.15) is 0 Å². The number of nitrogens with one attached hydrogen (secondary N) is 2. The summed E-state index contributed by atoms with van der Waals surface area (Å²) in [7, 11) is -5.70. The van der Waals surface area contributed by atoms with Gasteiger partial charge in [0.2, 0.25) is 15.9 Å². The minimum absolute atomic E-state index is 0.157. The van der Waals surface area contributed by atoms with E-state index in [0.717, 1.165) is 10.6 Å². The first-order valence-electron chi connectivity index (χ1n) is 5.77. The Kier molecular flexibility index (Phi) is 5.30. The van der Waals surface area contributed by atoms with Gasteiger partial charge < -0.3 is 10.6 Å². The Morgan fingerprint density at radius 1 is 1.32 bits per heavy atom. The highest BCUT2D eigenvalue weighted by Crippen LogP contribution is 2.11. The summed E-state index contributed by atoms with van der Waals surface area (Å²) in [5, 5.41) is 5.35. The molecule has 0 bridgehead atoms. The predicted molar refractivity (Wildman–Crippen MR) is 70.9 cm³/mol. The number of rotatable bonds is 5. The summed E-state index contributed by atoms with van der Waals surface area (Å²) in [6.45, 7) is 0.813. The van der Waals surface area contributed by atoms with Crippen LogP contribution in [0.5, 0.6) is 0 Å². The molecule has 19 heavy (non-hydrogen) atoms. The number of nitrogens with zero attached hydrogens (tertiary/aromatic N) is 1. The van der Waals surface area contributed by atoms with Crippen LogP contribution in [0, 0.1) is 0 Å². The van der Waals surface area contributed by atoms with Gasteiger partial charge in [0, 0.05) is 32.9 Å². The SMILES string of the molecule is CNC(=O)C1CNCCN1S(=O)(=O)CCS(C)(=O)=O. The lowest BCUT2D eigenvalue weighted by Crippen LogP contribution is -2.59. The van der Waals surface area contributed by atoms with Crippen molar-refractivity contribution < 1.29 is 21.6 Å². The molecule has 1 saturated heterocycles. The minimum Gasteiger partial charge on any atom is -0.358 e. The van der Waals surface area contributed by atoms with Gasteiger partial charge in [-0.1, -0.05) is 0 Å². The van der Waals surface area contributed by atoms with Crippen LogP contribution in [0.25, 0.3) is 0 Å². The first-order chi connectivity index (χ1) is 8.67. The van der Waals surface area contributed by atoms with Crippen molar-refractivity contribution in [1.29, 1.82) is 0 Å². The molecule has 1 unspecified atom stereocenters. The zero-order chi connectivity index (χ0) is 14.7. The second-order valence-electron chi connectivity index (χ2n) is 4.39. The van der Waals surface area contributed by atoms with Crippen molar-refractivity contribution in [2.45, 2.75) is 6.04 Å². The van der Waals surface area contributed by atoms with E-state index in [2.05, 4.69) is 10.6 Å². The van der Waals surface area contributed by atoms with Gasteiger partial charge in [0.15, 0.2) is 0 Å². The van der Waals surface area contributed by atoms with Crippen LogP contribution < -0.4 is 10.6 Å². The molecule has 1 atom stereocenters. The zero-order valence-electron chi connectivity index (χ0n) is 10.9. The van der Waals surface area contributed by atoms with Gasteiger partial charge >= 0.3 is 0 Å². The number of piperazine rings is 1. The van der Waals surface area contributed by atoms with E-state index >= 15 is 0 Å². The molecule has 0 aromatic rings. The maximum Gasteiger partial charge on any atom is 0.239 e. The van der Waals surface area contributed by atoms with Crippen LogP contribution in [-0.4, -0.2) is 77.5 Å².